The zero-order valence-corrected chi connectivity index (χ0v) is 11.9. The van der Waals surface area contributed by atoms with Crippen LogP contribution in [0.3, 0.4) is 0 Å². The standard InChI is InChI=1S/C14H15N3O4/c1-17-8-16-11-6-9(4-5-12(11)17)15-7-10(13(18)20-2)14(19)21-3/h4-8,15H,1-3H3. The summed E-state index contributed by atoms with van der Waals surface area (Å²) >= 11 is 0. The van der Waals surface area contributed by atoms with Gasteiger partial charge in [0.25, 0.3) is 0 Å². The Morgan fingerprint density at radius 2 is 1.90 bits per heavy atom. The quantitative estimate of drug-likeness (QED) is 0.394. The van der Waals surface area contributed by atoms with Crippen LogP contribution in [0.2, 0.25) is 0 Å². The van der Waals surface area contributed by atoms with Crippen LogP contribution in [-0.2, 0) is 26.1 Å². The van der Waals surface area contributed by atoms with Gasteiger partial charge < -0.3 is 19.4 Å². The number of esters is 2. The van der Waals surface area contributed by atoms with Gasteiger partial charge in [0.2, 0.25) is 0 Å². The zero-order valence-electron chi connectivity index (χ0n) is 11.9. The van der Waals surface area contributed by atoms with Crippen molar-refractivity contribution >= 4 is 28.7 Å². The minimum absolute atomic E-state index is 0.221. The molecule has 0 aliphatic carbocycles. The highest BCUT2D eigenvalue weighted by atomic mass is 16.5. The van der Waals surface area contributed by atoms with E-state index in [0.717, 1.165) is 11.0 Å². The summed E-state index contributed by atoms with van der Waals surface area (Å²) in [5.41, 5.74) is 2.24. The second-order valence-electron chi connectivity index (χ2n) is 4.24. The molecule has 21 heavy (non-hydrogen) atoms. The second-order valence-corrected chi connectivity index (χ2v) is 4.24. The first-order chi connectivity index (χ1) is 10.1. The van der Waals surface area contributed by atoms with Gasteiger partial charge in [-0.1, -0.05) is 0 Å². The molecule has 0 saturated heterocycles. The lowest BCUT2D eigenvalue weighted by Gasteiger charge is -2.05. The van der Waals surface area contributed by atoms with Crippen LogP contribution in [-0.4, -0.2) is 35.7 Å². The summed E-state index contributed by atoms with van der Waals surface area (Å²) in [6.07, 6.45) is 2.96. The van der Waals surface area contributed by atoms with Crippen molar-refractivity contribution in [2.75, 3.05) is 19.5 Å². The Balaban J connectivity index is 2.26. The molecular formula is C14H15N3O4. The maximum Gasteiger partial charge on any atom is 0.346 e. The maximum absolute atomic E-state index is 11.5. The molecule has 0 saturated carbocycles. The van der Waals surface area contributed by atoms with Gasteiger partial charge in [-0.2, -0.15) is 0 Å². The summed E-state index contributed by atoms with van der Waals surface area (Å²) < 4.78 is 11.0. The number of fused-ring (bicyclic) bond motifs is 1. The highest BCUT2D eigenvalue weighted by Gasteiger charge is 2.19. The van der Waals surface area contributed by atoms with E-state index in [4.69, 9.17) is 0 Å². The van der Waals surface area contributed by atoms with Gasteiger partial charge in [-0.25, -0.2) is 14.6 Å². The second kappa shape index (κ2) is 6.08. The number of rotatable bonds is 4. The first-order valence-corrected chi connectivity index (χ1v) is 6.11. The fraction of sp³-hybridized carbons (Fsp3) is 0.214. The van der Waals surface area contributed by atoms with Crippen molar-refractivity contribution in [1.82, 2.24) is 9.55 Å². The molecule has 0 amide bonds. The number of nitrogens with zero attached hydrogens (tertiary/aromatic N) is 2. The molecule has 1 N–H and O–H groups in total. The molecule has 110 valence electrons. The third kappa shape index (κ3) is 3.02. The predicted octanol–water partition coefficient (Wildman–Crippen LogP) is 1.22. The van der Waals surface area contributed by atoms with Crippen LogP contribution < -0.4 is 5.32 Å². The molecule has 0 unspecified atom stereocenters. The Hall–Kier alpha value is -2.83. The summed E-state index contributed by atoms with van der Waals surface area (Å²) in [5, 5.41) is 2.86. The maximum atomic E-state index is 11.5. The number of nitrogens with one attached hydrogen (secondary N) is 1. The van der Waals surface area contributed by atoms with E-state index in [1.807, 2.05) is 23.7 Å². The van der Waals surface area contributed by atoms with Crippen LogP contribution in [0.1, 0.15) is 0 Å². The van der Waals surface area contributed by atoms with Crippen molar-refractivity contribution < 1.29 is 19.1 Å². The molecule has 0 aliphatic heterocycles. The molecule has 0 radical (unpaired) electrons. The lowest BCUT2D eigenvalue weighted by molar-refractivity contribution is -0.144. The number of benzene rings is 1. The third-order valence-corrected chi connectivity index (χ3v) is 2.92. The van der Waals surface area contributed by atoms with Crippen molar-refractivity contribution in [2.24, 2.45) is 7.05 Å². The lowest BCUT2D eigenvalue weighted by Crippen LogP contribution is -2.17. The molecule has 2 aromatic rings. The molecule has 2 rings (SSSR count). The van der Waals surface area contributed by atoms with Crippen LogP contribution in [0.25, 0.3) is 11.0 Å². The van der Waals surface area contributed by atoms with Gasteiger partial charge in [-0.05, 0) is 18.2 Å². The summed E-state index contributed by atoms with van der Waals surface area (Å²) in [5.74, 6) is -1.54. The van der Waals surface area contributed by atoms with Gasteiger partial charge in [0.15, 0.2) is 5.57 Å². The SMILES string of the molecule is COC(=O)C(=CNc1ccc2c(c1)ncn2C)C(=O)OC. The average molecular weight is 289 g/mol. The predicted molar refractivity (Wildman–Crippen MR) is 76.5 cm³/mol. The minimum Gasteiger partial charge on any atom is -0.465 e. The van der Waals surface area contributed by atoms with E-state index in [-0.39, 0.29) is 5.57 Å². The Bertz CT molecular complexity index is 700. The number of hydrogen-bond donors (Lipinski definition) is 1. The highest BCUT2D eigenvalue weighted by molar-refractivity contribution is 6.14. The largest absolute Gasteiger partial charge is 0.465 e. The number of aryl methyl sites for hydroxylation is 1. The van der Waals surface area contributed by atoms with Gasteiger partial charge in [-0.3, -0.25) is 0 Å². The lowest BCUT2D eigenvalue weighted by atomic mass is 10.2. The molecule has 0 aliphatic rings. The van der Waals surface area contributed by atoms with E-state index in [1.165, 1.54) is 20.4 Å². The number of aromatic nitrogens is 2. The molecule has 1 aromatic carbocycles. The average Bonchev–Trinajstić information content (AvgIpc) is 2.87. The molecular weight excluding hydrogens is 274 g/mol. The summed E-state index contributed by atoms with van der Waals surface area (Å²) in [6.45, 7) is 0. The van der Waals surface area contributed by atoms with Crippen LogP contribution in [0.15, 0.2) is 36.3 Å². The molecule has 0 spiro atoms. The van der Waals surface area contributed by atoms with Gasteiger partial charge in [0.1, 0.15) is 0 Å². The molecule has 7 heteroatoms. The van der Waals surface area contributed by atoms with E-state index < -0.39 is 11.9 Å². The Labute approximate surface area is 121 Å². The van der Waals surface area contributed by atoms with E-state index in [9.17, 15) is 9.59 Å². The minimum atomic E-state index is -0.770. The monoisotopic (exact) mass is 289 g/mol. The van der Waals surface area contributed by atoms with Crippen molar-refractivity contribution in [3.05, 3.63) is 36.3 Å². The zero-order chi connectivity index (χ0) is 15.4. The molecule has 0 atom stereocenters. The summed E-state index contributed by atoms with van der Waals surface area (Å²) in [6, 6.07) is 5.50. The normalized spacial score (nSPS) is 10.0. The van der Waals surface area contributed by atoms with Crippen LogP contribution in [0.5, 0.6) is 0 Å². The van der Waals surface area contributed by atoms with Gasteiger partial charge in [0, 0.05) is 18.9 Å². The number of anilines is 1. The summed E-state index contributed by atoms with van der Waals surface area (Å²) in [7, 11) is 4.28. The van der Waals surface area contributed by atoms with Crippen molar-refractivity contribution in [3.8, 4) is 0 Å². The topological polar surface area (TPSA) is 82.5 Å². The van der Waals surface area contributed by atoms with Gasteiger partial charge in [-0.15, -0.1) is 0 Å². The molecule has 7 nitrogen and oxygen atoms in total. The van der Waals surface area contributed by atoms with Crippen LogP contribution in [0.4, 0.5) is 5.69 Å². The van der Waals surface area contributed by atoms with Crippen molar-refractivity contribution in [2.45, 2.75) is 0 Å². The van der Waals surface area contributed by atoms with E-state index in [0.29, 0.717) is 5.69 Å². The smallest absolute Gasteiger partial charge is 0.346 e. The molecule has 1 aromatic heterocycles. The fourth-order valence-electron chi connectivity index (χ4n) is 1.80. The summed E-state index contributed by atoms with van der Waals surface area (Å²) in [4.78, 5) is 27.2. The fourth-order valence-corrected chi connectivity index (χ4v) is 1.80. The third-order valence-electron chi connectivity index (χ3n) is 2.92. The number of carbonyl (C=O) groups is 2. The van der Waals surface area contributed by atoms with E-state index in [1.54, 1.807) is 12.4 Å². The Morgan fingerprint density at radius 1 is 1.24 bits per heavy atom. The van der Waals surface area contributed by atoms with E-state index in [2.05, 4.69) is 19.8 Å². The number of ether oxygens (including phenoxy) is 2. The molecule has 0 fully saturated rings. The number of carbonyl (C=O) groups excluding carboxylic acids is 2. The van der Waals surface area contributed by atoms with Gasteiger partial charge in [0.05, 0.1) is 31.6 Å². The number of hydrogen-bond acceptors (Lipinski definition) is 6. The van der Waals surface area contributed by atoms with Gasteiger partial charge >= 0.3 is 11.9 Å². The molecule has 0 bridgehead atoms. The number of methoxy groups -OCH3 is 2. The van der Waals surface area contributed by atoms with E-state index >= 15 is 0 Å². The van der Waals surface area contributed by atoms with Crippen LogP contribution >= 0.6 is 0 Å². The van der Waals surface area contributed by atoms with Crippen molar-refractivity contribution in [1.29, 1.82) is 0 Å². The van der Waals surface area contributed by atoms with Crippen molar-refractivity contribution in [3.63, 3.8) is 0 Å². The first kappa shape index (κ1) is 14.6. The Kier molecular flexibility index (Phi) is 4.22. The Morgan fingerprint density at radius 3 is 2.52 bits per heavy atom. The first-order valence-electron chi connectivity index (χ1n) is 6.11. The molecule has 1 heterocycles. The van der Waals surface area contributed by atoms with Crippen LogP contribution in [0, 0.1) is 0 Å². The highest BCUT2D eigenvalue weighted by Crippen LogP contribution is 2.17. The number of imidazole rings is 1.